The maximum atomic E-state index is 13.8. The molecule has 29 heavy (non-hydrogen) atoms. The minimum Gasteiger partial charge on any atom is -0.255 e. The topological polar surface area (TPSA) is 50.3 Å². The number of aromatic nitrogens is 1. The lowest BCUT2D eigenvalue weighted by molar-refractivity contribution is 0.263. The molecule has 3 aromatic rings. The molecular weight excluding hydrogens is 394 g/mol. The van der Waals surface area contributed by atoms with E-state index < -0.39 is 21.7 Å². The molecule has 1 aliphatic heterocycles. The number of pyridine rings is 1. The molecule has 7 heteroatoms. The first-order valence-electron chi connectivity index (χ1n) is 9.73. The Balaban J connectivity index is 1.43. The molecule has 1 aliphatic rings. The molecule has 0 aliphatic carbocycles. The van der Waals surface area contributed by atoms with Crippen molar-refractivity contribution in [3.05, 3.63) is 71.9 Å². The molecule has 0 amide bonds. The fourth-order valence-electron chi connectivity index (χ4n) is 3.96. The van der Waals surface area contributed by atoms with Crippen molar-refractivity contribution in [3.63, 3.8) is 0 Å². The van der Waals surface area contributed by atoms with Gasteiger partial charge in [0.1, 0.15) is 16.5 Å². The molecule has 1 aromatic heterocycles. The summed E-state index contributed by atoms with van der Waals surface area (Å²) in [5.41, 5.74) is 0.862. The zero-order valence-electron chi connectivity index (χ0n) is 15.9. The van der Waals surface area contributed by atoms with Crippen LogP contribution in [0.15, 0.2) is 59.6 Å². The van der Waals surface area contributed by atoms with Crippen molar-refractivity contribution in [2.24, 2.45) is 5.92 Å². The van der Waals surface area contributed by atoms with Gasteiger partial charge in [0.05, 0.1) is 5.52 Å². The van der Waals surface area contributed by atoms with Gasteiger partial charge in [0, 0.05) is 24.7 Å². The van der Waals surface area contributed by atoms with E-state index in [-0.39, 0.29) is 10.8 Å². The molecule has 152 valence electrons. The van der Waals surface area contributed by atoms with Gasteiger partial charge >= 0.3 is 0 Å². The fourth-order valence-corrected chi connectivity index (χ4v) is 5.59. The lowest BCUT2D eigenvalue weighted by Crippen LogP contribution is -2.38. The lowest BCUT2D eigenvalue weighted by atomic mass is 9.91. The third-order valence-electron chi connectivity index (χ3n) is 5.62. The van der Waals surface area contributed by atoms with E-state index in [1.807, 2.05) is 12.1 Å². The number of nitrogens with zero attached hydrogens (tertiary/aromatic N) is 2. The summed E-state index contributed by atoms with van der Waals surface area (Å²) in [5.74, 6) is -0.546. The molecule has 0 bridgehead atoms. The highest BCUT2D eigenvalue weighted by Crippen LogP contribution is 2.29. The molecule has 0 radical (unpaired) electrons. The maximum absolute atomic E-state index is 13.8. The number of piperidine rings is 1. The van der Waals surface area contributed by atoms with Crippen LogP contribution in [-0.2, 0) is 16.4 Å². The van der Waals surface area contributed by atoms with E-state index in [0.717, 1.165) is 17.5 Å². The zero-order chi connectivity index (χ0) is 20.4. The van der Waals surface area contributed by atoms with Crippen molar-refractivity contribution in [2.45, 2.75) is 30.6 Å². The van der Waals surface area contributed by atoms with Crippen molar-refractivity contribution in [3.8, 4) is 0 Å². The van der Waals surface area contributed by atoms with Gasteiger partial charge in [-0.1, -0.05) is 18.2 Å². The number of rotatable bonds is 5. The van der Waals surface area contributed by atoms with Gasteiger partial charge < -0.3 is 0 Å². The van der Waals surface area contributed by atoms with E-state index in [2.05, 4.69) is 4.98 Å². The number of fused-ring (bicyclic) bond motifs is 1. The summed E-state index contributed by atoms with van der Waals surface area (Å²) in [5, 5.41) is 0.792. The summed E-state index contributed by atoms with van der Waals surface area (Å²) in [4.78, 5) is 4.50. The van der Waals surface area contributed by atoms with E-state index in [9.17, 15) is 17.2 Å². The number of hydrogen-bond acceptors (Lipinski definition) is 3. The Morgan fingerprint density at radius 1 is 1.03 bits per heavy atom. The van der Waals surface area contributed by atoms with Crippen LogP contribution in [0.4, 0.5) is 8.78 Å². The molecule has 0 saturated carbocycles. The summed E-state index contributed by atoms with van der Waals surface area (Å²) in [6, 6.07) is 12.3. The van der Waals surface area contributed by atoms with Crippen LogP contribution in [0, 0.1) is 17.6 Å². The monoisotopic (exact) mass is 416 g/mol. The number of halogens is 2. The number of aryl methyl sites for hydroxylation is 1. The Hall–Kier alpha value is -2.38. The highest BCUT2D eigenvalue weighted by molar-refractivity contribution is 7.89. The second kappa shape index (κ2) is 8.16. The second-order valence-corrected chi connectivity index (χ2v) is 9.36. The third-order valence-corrected chi connectivity index (χ3v) is 7.55. The number of benzene rings is 2. The van der Waals surface area contributed by atoms with Gasteiger partial charge in [-0.2, -0.15) is 4.31 Å². The minimum absolute atomic E-state index is 0.232. The van der Waals surface area contributed by atoms with Crippen LogP contribution in [0.2, 0.25) is 0 Å². The van der Waals surface area contributed by atoms with Crippen LogP contribution in [0.5, 0.6) is 0 Å². The summed E-state index contributed by atoms with van der Waals surface area (Å²) in [6.45, 7) is 0.837. The van der Waals surface area contributed by atoms with Crippen LogP contribution in [0.1, 0.15) is 24.8 Å². The normalized spacial score (nSPS) is 16.3. The van der Waals surface area contributed by atoms with E-state index in [0.29, 0.717) is 49.9 Å². The Bertz CT molecular complexity index is 1120. The van der Waals surface area contributed by atoms with E-state index in [1.165, 1.54) is 10.4 Å². The number of hydrogen-bond donors (Lipinski definition) is 0. The molecule has 2 heterocycles. The number of sulfonamides is 1. The summed E-state index contributed by atoms with van der Waals surface area (Å²) in [6.07, 6.45) is 4.17. The minimum atomic E-state index is -3.63. The molecule has 4 nitrogen and oxygen atoms in total. The van der Waals surface area contributed by atoms with E-state index >= 15 is 0 Å². The first kappa shape index (κ1) is 19.9. The molecule has 0 unspecified atom stereocenters. The Morgan fingerprint density at radius 2 is 1.79 bits per heavy atom. The van der Waals surface area contributed by atoms with Gasteiger partial charge in [0.15, 0.2) is 0 Å². The molecule has 2 aromatic carbocycles. The lowest BCUT2D eigenvalue weighted by Gasteiger charge is -2.31. The van der Waals surface area contributed by atoms with E-state index in [1.54, 1.807) is 24.4 Å². The van der Waals surface area contributed by atoms with Crippen LogP contribution in [-0.4, -0.2) is 30.8 Å². The van der Waals surface area contributed by atoms with Crippen molar-refractivity contribution >= 4 is 20.9 Å². The highest BCUT2D eigenvalue weighted by atomic mass is 32.2. The van der Waals surface area contributed by atoms with Crippen LogP contribution in [0.3, 0.4) is 0 Å². The average Bonchev–Trinajstić information content (AvgIpc) is 2.74. The molecule has 1 fully saturated rings. The molecule has 4 rings (SSSR count). The van der Waals surface area contributed by atoms with Crippen molar-refractivity contribution in [1.82, 2.24) is 9.29 Å². The quantitative estimate of drug-likeness (QED) is 0.613. The molecular formula is C22H22F2N2O2S. The van der Waals surface area contributed by atoms with Crippen LogP contribution >= 0.6 is 0 Å². The Kier molecular flexibility index (Phi) is 5.61. The molecule has 0 atom stereocenters. The molecule has 0 spiro atoms. The standard InChI is InChI=1S/C22H22F2N2O2S/c23-19-8-9-20(24)18(15-19)7-6-16-10-13-26(14-11-16)29(27,28)21-5-1-3-17-4-2-12-25-22(17)21/h1-5,8-9,12,15-16H,6-7,10-11,13-14H2. The van der Waals surface area contributed by atoms with Crippen LogP contribution < -0.4 is 0 Å². The van der Waals surface area contributed by atoms with Gasteiger partial charge in [0.2, 0.25) is 10.0 Å². The summed E-state index contributed by atoms with van der Waals surface area (Å²) < 4.78 is 55.0. The first-order chi connectivity index (χ1) is 13.9. The van der Waals surface area contributed by atoms with Gasteiger partial charge in [-0.15, -0.1) is 0 Å². The van der Waals surface area contributed by atoms with Crippen LogP contribution in [0.25, 0.3) is 10.9 Å². The van der Waals surface area contributed by atoms with Gasteiger partial charge in [-0.05, 0) is 67.5 Å². The predicted octanol–water partition coefficient (Wildman–Crippen LogP) is 4.55. The van der Waals surface area contributed by atoms with E-state index in [4.69, 9.17) is 0 Å². The third kappa shape index (κ3) is 4.16. The number of para-hydroxylation sites is 1. The highest BCUT2D eigenvalue weighted by Gasteiger charge is 2.30. The molecule has 0 N–H and O–H groups in total. The Labute approximate surface area is 169 Å². The predicted molar refractivity (Wildman–Crippen MR) is 108 cm³/mol. The largest absolute Gasteiger partial charge is 0.255 e. The van der Waals surface area contributed by atoms with Gasteiger partial charge in [0.25, 0.3) is 0 Å². The smallest absolute Gasteiger partial charge is 0.245 e. The van der Waals surface area contributed by atoms with Crippen molar-refractivity contribution in [1.29, 1.82) is 0 Å². The van der Waals surface area contributed by atoms with Crippen molar-refractivity contribution in [2.75, 3.05) is 13.1 Å². The summed E-state index contributed by atoms with van der Waals surface area (Å²) in [7, 11) is -3.63. The van der Waals surface area contributed by atoms with Crippen molar-refractivity contribution < 1.29 is 17.2 Å². The maximum Gasteiger partial charge on any atom is 0.245 e. The average molecular weight is 416 g/mol. The summed E-state index contributed by atoms with van der Waals surface area (Å²) >= 11 is 0. The molecule has 1 saturated heterocycles. The first-order valence-corrected chi connectivity index (χ1v) is 11.2. The fraction of sp³-hybridized carbons (Fsp3) is 0.318. The Morgan fingerprint density at radius 3 is 2.59 bits per heavy atom. The SMILES string of the molecule is O=S(=O)(c1cccc2cccnc12)N1CCC(CCc2cc(F)ccc2F)CC1. The van der Waals surface area contributed by atoms with Gasteiger partial charge in [-0.25, -0.2) is 17.2 Å². The second-order valence-electron chi connectivity index (χ2n) is 7.45. The van der Waals surface area contributed by atoms with Gasteiger partial charge in [-0.3, -0.25) is 4.98 Å². The zero-order valence-corrected chi connectivity index (χ0v) is 16.7.